The highest BCUT2D eigenvalue weighted by molar-refractivity contribution is 14.1. The zero-order valence-corrected chi connectivity index (χ0v) is 14.5. The smallest absolute Gasteiger partial charge is 0.253 e. The summed E-state index contributed by atoms with van der Waals surface area (Å²) in [6, 6.07) is 13.4. The van der Waals surface area contributed by atoms with Crippen molar-refractivity contribution in [3.8, 4) is 5.88 Å². The zero-order chi connectivity index (χ0) is 15.5. The van der Waals surface area contributed by atoms with Crippen LogP contribution in [0.1, 0.15) is 22.5 Å². The average Bonchev–Trinajstić information content (AvgIpc) is 2.96. The quantitative estimate of drug-likeness (QED) is 0.733. The van der Waals surface area contributed by atoms with Crippen molar-refractivity contribution in [3.63, 3.8) is 0 Å². The number of nitrogens with zero attached hydrogens (tertiary/aromatic N) is 2. The van der Waals surface area contributed by atoms with E-state index in [-0.39, 0.29) is 12.0 Å². The molecule has 1 atom stereocenters. The number of aryl methyl sites for hydroxylation is 1. The molecule has 1 aliphatic rings. The molecule has 5 heteroatoms. The molecular formula is C17H17IN2O2. The Balaban J connectivity index is 1.62. The van der Waals surface area contributed by atoms with Gasteiger partial charge in [-0.2, -0.15) is 0 Å². The molecule has 4 nitrogen and oxygen atoms in total. The summed E-state index contributed by atoms with van der Waals surface area (Å²) < 4.78 is 7.01. The Morgan fingerprint density at radius 2 is 2.05 bits per heavy atom. The van der Waals surface area contributed by atoms with Gasteiger partial charge in [0.25, 0.3) is 5.91 Å². The van der Waals surface area contributed by atoms with Crippen LogP contribution in [0, 0.1) is 10.5 Å². The van der Waals surface area contributed by atoms with Gasteiger partial charge in [0.15, 0.2) is 0 Å². The van der Waals surface area contributed by atoms with Crippen LogP contribution in [-0.2, 0) is 0 Å². The molecule has 1 amide bonds. The van der Waals surface area contributed by atoms with E-state index < -0.39 is 0 Å². The van der Waals surface area contributed by atoms with E-state index in [4.69, 9.17) is 4.74 Å². The predicted octanol–water partition coefficient (Wildman–Crippen LogP) is 3.29. The first-order valence-electron chi connectivity index (χ1n) is 7.27. The Morgan fingerprint density at radius 3 is 2.77 bits per heavy atom. The molecule has 0 radical (unpaired) electrons. The van der Waals surface area contributed by atoms with Crippen molar-refractivity contribution in [1.29, 1.82) is 0 Å². The molecule has 0 aliphatic carbocycles. The summed E-state index contributed by atoms with van der Waals surface area (Å²) >= 11 is 2.23. The maximum Gasteiger partial charge on any atom is 0.253 e. The molecule has 1 aliphatic heterocycles. The SMILES string of the molecule is Cc1cccc(OC2CCN(C(=O)c3ccc(I)cc3)C2)n1. The number of ether oxygens (including phenoxy) is 1. The molecule has 1 unspecified atom stereocenters. The van der Waals surface area contributed by atoms with E-state index in [1.165, 1.54) is 0 Å². The fourth-order valence-electron chi connectivity index (χ4n) is 2.54. The third-order valence-electron chi connectivity index (χ3n) is 3.67. The lowest BCUT2D eigenvalue weighted by molar-refractivity contribution is 0.0771. The highest BCUT2D eigenvalue weighted by Gasteiger charge is 2.28. The highest BCUT2D eigenvalue weighted by atomic mass is 127. The molecule has 3 rings (SSSR count). The van der Waals surface area contributed by atoms with Crippen molar-refractivity contribution in [2.24, 2.45) is 0 Å². The Bertz CT molecular complexity index is 673. The van der Waals surface area contributed by atoms with Gasteiger partial charge in [-0.1, -0.05) is 6.07 Å². The number of carbonyl (C=O) groups is 1. The van der Waals surface area contributed by atoms with Crippen LogP contribution >= 0.6 is 22.6 Å². The van der Waals surface area contributed by atoms with Gasteiger partial charge in [0, 0.05) is 33.9 Å². The zero-order valence-electron chi connectivity index (χ0n) is 12.3. The summed E-state index contributed by atoms with van der Waals surface area (Å²) in [6.07, 6.45) is 0.855. The number of carbonyl (C=O) groups excluding carboxylic acids is 1. The Labute approximate surface area is 143 Å². The fraction of sp³-hybridized carbons (Fsp3) is 0.294. The first kappa shape index (κ1) is 15.3. The van der Waals surface area contributed by atoms with Gasteiger partial charge in [0.05, 0.1) is 6.54 Å². The number of hydrogen-bond acceptors (Lipinski definition) is 3. The lowest BCUT2D eigenvalue weighted by atomic mass is 10.2. The van der Waals surface area contributed by atoms with E-state index >= 15 is 0 Å². The van der Waals surface area contributed by atoms with Gasteiger partial charge >= 0.3 is 0 Å². The second-order valence-electron chi connectivity index (χ2n) is 5.40. The van der Waals surface area contributed by atoms with Gasteiger partial charge < -0.3 is 9.64 Å². The third-order valence-corrected chi connectivity index (χ3v) is 4.39. The molecule has 114 valence electrons. The molecule has 1 aromatic carbocycles. The molecule has 22 heavy (non-hydrogen) atoms. The van der Waals surface area contributed by atoms with E-state index in [1.807, 2.05) is 54.3 Å². The monoisotopic (exact) mass is 408 g/mol. The Morgan fingerprint density at radius 1 is 1.27 bits per heavy atom. The molecule has 0 saturated carbocycles. The van der Waals surface area contributed by atoms with Gasteiger partial charge in [-0.05, 0) is 59.8 Å². The number of amides is 1. The maximum atomic E-state index is 12.5. The number of hydrogen-bond donors (Lipinski definition) is 0. The van der Waals surface area contributed by atoms with Gasteiger partial charge in [-0.15, -0.1) is 0 Å². The number of aromatic nitrogens is 1. The van der Waals surface area contributed by atoms with Crippen molar-refractivity contribution in [2.45, 2.75) is 19.4 Å². The summed E-state index contributed by atoms with van der Waals surface area (Å²) in [5, 5.41) is 0. The third kappa shape index (κ3) is 3.58. The van der Waals surface area contributed by atoms with E-state index in [1.54, 1.807) is 0 Å². The highest BCUT2D eigenvalue weighted by Crippen LogP contribution is 2.19. The molecular weight excluding hydrogens is 391 g/mol. The molecule has 0 bridgehead atoms. The standard InChI is InChI=1S/C17H17IN2O2/c1-12-3-2-4-16(19-12)22-15-9-10-20(11-15)17(21)13-5-7-14(18)8-6-13/h2-8,15H,9-11H2,1H3. The van der Waals surface area contributed by atoms with Crippen LogP contribution < -0.4 is 4.74 Å². The summed E-state index contributed by atoms with van der Waals surface area (Å²) in [5.41, 5.74) is 1.66. The number of benzene rings is 1. The summed E-state index contributed by atoms with van der Waals surface area (Å²) in [7, 11) is 0. The van der Waals surface area contributed by atoms with Gasteiger partial charge in [-0.25, -0.2) is 4.98 Å². The van der Waals surface area contributed by atoms with Crippen LogP contribution in [0.5, 0.6) is 5.88 Å². The molecule has 0 spiro atoms. The molecule has 2 aromatic rings. The minimum Gasteiger partial charge on any atom is -0.472 e. The topological polar surface area (TPSA) is 42.4 Å². The summed E-state index contributed by atoms with van der Waals surface area (Å²) in [5.74, 6) is 0.702. The van der Waals surface area contributed by atoms with Gasteiger partial charge in [0.1, 0.15) is 6.10 Å². The van der Waals surface area contributed by atoms with E-state index in [2.05, 4.69) is 27.6 Å². The van der Waals surface area contributed by atoms with Crippen LogP contribution in [0.3, 0.4) is 0 Å². The first-order valence-corrected chi connectivity index (χ1v) is 8.35. The van der Waals surface area contributed by atoms with Crippen molar-refractivity contribution >= 4 is 28.5 Å². The van der Waals surface area contributed by atoms with Gasteiger partial charge in [-0.3, -0.25) is 4.79 Å². The lowest BCUT2D eigenvalue weighted by Crippen LogP contribution is -2.31. The van der Waals surface area contributed by atoms with Crippen LogP contribution in [0.25, 0.3) is 0 Å². The molecule has 1 fully saturated rings. The maximum absolute atomic E-state index is 12.5. The largest absolute Gasteiger partial charge is 0.472 e. The van der Waals surface area contributed by atoms with E-state index in [9.17, 15) is 4.79 Å². The predicted molar refractivity (Wildman–Crippen MR) is 93.1 cm³/mol. The van der Waals surface area contributed by atoms with E-state index in [0.717, 1.165) is 27.8 Å². The summed E-state index contributed by atoms with van der Waals surface area (Å²) in [4.78, 5) is 18.7. The normalized spacial score (nSPS) is 17.5. The number of pyridine rings is 1. The average molecular weight is 408 g/mol. The van der Waals surface area contributed by atoms with Crippen LogP contribution in [-0.4, -0.2) is 35.0 Å². The fourth-order valence-corrected chi connectivity index (χ4v) is 2.90. The van der Waals surface area contributed by atoms with Crippen molar-refractivity contribution in [1.82, 2.24) is 9.88 Å². The van der Waals surface area contributed by atoms with Crippen molar-refractivity contribution in [3.05, 3.63) is 57.3 Å². The van der Waals surface area contributed by atoms with E-state index in [0.29, 0.717) is 12.4 Å². The van der Waals surface area contributed by atoms with Crippen molar-refractivity contribution in [2.75, 3.05) is 13.1 Å². The second-order valence-corrected chi connectivity index (χ2v) is 6.65. The van der Waals surface area contributed by atoms with Gasteiger partial charge in [0.2, 0.25) is 5.88 Å². The minimum absolute atomic E-state index is 0.0158. The first-order chi connectivity index (χ1) is 10.6. The molecule has 1 aromatic heterocycles. The molecule has 0 N–H and O–H groups in total. The second kappa shape index (κ2) is 6.64. The number of halogens is 1. The summed E-state index contributed by atoms with van der Waals surface area (Å²) in [6.45, 7) is 3.27. The van der Waals surface area contributed by atoms with Crippen molar-refractivity contribution < 1.29 is 9.53 Å². The lowest BCUT2D eigenvalue weighted by Gasteiger charge is -2.17. The Hall–Kier alpha value is -1.63. The minimum atomic E-state index is 0.0158. The number of rotatable bonds is 3. The van der Waals surface area contributed by atoms with Crippen LogP contribution in [0.15, 0.2) is 42.5 Å². The van der Waals surface area contributed by atoms with Crippen LogP contribution in [0.4, 0.5) is 0 Å². The van der Waals surface area contributed by atoms with Crippen LogP contribution in [0.2, 0.25) is 0 Å². The molecule has 2 heterocycles. The molecule has 1 saturated heterocycles. The number of likely N-dealkylation sites (tertiary alicyclic amines) is 1. The Kier molecular flexibility index (Phi) is 4.61.